The molecule has 2 heteroatoms. The molecule has 0 amide bonds. The van der Waals surface area contributed by atoms with E-state index in [2.05, 4.69) is 33.9 Å². The molecule has 0 fully saturated rings. The quantitative estimate of drug-likeness (QED) is 0.420. The molecule has 15 heavy (non-hydrogen) atoms. The third kappa shape index (κ3) is 3.61. The predicted molar refractivity (Wildman–Crippen MR) is 64.3 cm³/mol. The van der Waals surface area contributed by atoms with E-state index in [0.717, 1.165) is 25.7 Å². The Hall–Kier alpha value is -0.920. The maximum atomic E-state index is 5.60. The van der Waals surface area contributed by atoms with E-state index in [1.165, 1.54) is 12.5 Å². The van der Waals surface area contributed by atoms with Crippen LogP contribution >= 0.6 is 0 Å². The van der Waals surface area contributed by atoms with E-state index in [-0.39, 0.29) is 0 Å². The topological polar surface area (TPSA) is 18.5 Å². The van der Waals surface area contributed by atoms with Crippen molar-refractivity contribution >= 4 is 0 Å². The lowest BCUT2D eigenvalue weighted by molar-refractivity contribution is -0.213. The smallest absolute Gasteiger partial charge is 0.251 e. The van der Waals surface area contributed by atoms with Gasteiger partial charge in [0.2, 0.25) is 0 Å². The Morgan fingerprint density at radius 1 is 1.13 bits per heavy atom. The first-order valence-corrected chi connectivity index (χ1v) is 5.78. The highest BCUT2D eigenvalue weighted by atomic mass is 16.7. The molecule has 0 bridgehead atoms. The first-order chi connectivity index (χ1) is 7.20. The lowest BCUT2D eigenvalue weighted by atomic mass is 9.89. The van der Waals surface area contributed by atoms with Crippen LogP contribution in [0.4, 0.5) is 0 Å². The normalized spacial score (nSPS) is 13.0. The molecule has 0 aromatic rings. The van der Waals surface area contributed by atoms with Gasteiger partial charge in [-0.15, -0.1) is 0 Å². The minimum atomic E-state index is -0.575. The number of rotatable bonds is 9. The maximum Gasteiger partial charge on any atom is 0.251 e. The summed E-state index contributed by atoms with van der Waals surface area (Å²) >= 11 is 0. The molecular weight excluding hydrogens is 188 g/mol. The number of hydrogen-bond acceptors (Lipinski definition) is 2. The van der Waals surface area contributed by atoms with E-state index < -0.39 is 5.79 Å². The second kappa shape index (κ2) is 7.38. The van der Waals surface area contributed by atoms with E-state index >= 15 is 0 Å². The lowest BCUT2D eigenvalue weighted by Crippen LogP contribution is -2.40. The molecule has 1 atom stereocenters. The molecule has 0 heterocycles. The molecule has 0 spiro atoms. The van der Waals surface area contributed by atoms with Crippen molar-refractivity contribution in [3.05, 3.63) is 25.7 Å². The highest BCUT2D eigenvalue weighted by Gasteiger charge is 2.38. The summed E-state index contributed by atoms with van der Waals surface area (Å²) < 4.78 is 11.2. The van der Waals surface area contributed by atoms with Crippen LogP contribution in [-0.2, 0) is 9.47 Å². The molecular formula is C13H24O2. The van der Waals surface area contributed by atoms with Crippen LogP contribution in [0, 0.1) is 5.92 Å². The molecule has 0 radical (unpaired) electrons. The van der Waals surface area contributed by atoms with Gasteiger partial charge >= 0.3 is 0 Å². The highest BCUT2D eigenvalue weighted by molar-refractivity contribution is 4.82. The molecule has 0 aliphatic heterocycles. The molecule has 0 aromatic heterocycles. The van der Waals surface area contributed by atoms with Crippen molar-refractivity contribution in [3.8, 4) is 0 Å². The zero-order valence-corrected chi connectivity index (χ0v) is 10.3. The van der Waals surface area contributed by atoms with Gasteiger partial charge in [0, 0.05) is 12.3 Å². The summed E-state index contributed by atoms with van der Waals surface area (Å²) in [6.45, 7) is 13.6. The average molecular weight is 212 g/mol. The van der Waals surface area contributed by atoms with Crippen LogP contribution in [-0.4, -0.2) is 5.79 Å². The van der Waals surface area contributed by atoms with E-state index in [4.69, 9.17) is 9.47 Å². The Balaban J connectivity index is 4.80. The lowest BCUT2D eigenvalue weighted by Gasteiger charge is -2.37. The first kappa shape index (κ1) is 14.1. The Morgan fingerprint density at radius 3 is 1.93 bits per heavy atom. The summed E-state index contributed by atoms with van der Waals surface area (Å²) in [7, 11) is 0. The van der Waals surface area contributed by atoms with Crippen LogP contribution in [0.1, 0.15) is 46.5 Å². The van der Waals surface area contributed by atoms with E-state index in [1.807, 2.05) is 0 Å². The van der Waals surface area contributed by atoms with Crippen molar-refractivity contribution in [2.24, 2.45) is 5.92 Å². The maximum absolute atomic E-state index is 5.60. The average Bonchev–Trinajstić information content (AvgIpc) is 2.25. The van der Waals surface area contributed by atoms with Gasteiger partial charge in [0.15, 0.2) is 0 Å². The minimum absolute atomic E-state index is 0.378. The largest absolute Gasteiger partial charge is 0.460 e. The van der Waals surface area contributed by atoms with Crippen molar-refractivity contribution in [1.29, 1.82) is 0 Å². The van der Waals surface area contributed by atoms with Crippen LogP contribution in [0.3, 0.4) is 0 Å². The molecule has 0 saturated carbocycles. The van der Waals surface area contributed by atoms with Crippen molar-refractivity contribution in [3.63, 3.8) is 0 Å². The molecule has 0 saturated heterocycles. The Kier molecular flexibility index (Phi) is 6.93. The predicted octanol–water partition coefficient (Wildman–Crippen LogP) is 4.24. The van der Waals surface area contributed by atoms with Crippen molar-refractivity contribution in [1.82, 2.24) is 0 Å². The molecule has 0 aliphatic rings. The van der Waals surface area contributed by atoms with Crippen LogP contribution in [0.5, 0.6) is 0 Å². The summed E-state index contributed by atoms with van der Waals surface area (Å²) in [5.74, 6) is -0.197. The van der Waals surface area contributed by atoms with E-state index in [1.54, 1.807) is 0 Å². The van der Waals surface area contributed by atoms with Gasteiger partial charge < -0.3 is 9.47 Å². The van der Waals surface area contributed by atoms with Crippen molar-refractivity contribution in [2.45, 2.75) is 52.2 Å². The molecule has 0 rings (SSSR count). The van der Waals surface area contributed by atoms with Crippen LogP contribution in [0.15, 0.2) is 25.7 Å². The Bertz CT molecular complexity index is 177. The van der Waals surface area contributed by atoms with Gasteiger partial charge in [0.1, 0.15) is 0 Å². The third-order valence-electron chi connectivity index (χ3n) is 2.81. The molecule has 0 aliphatic carbocycles. The number of hydrogen-bond donors (Lipinski definition) is 0. The van der Waals surface area contributed by atoms with E-state index in [0.29, 0.717) is 5.92 Å². The van der Waals surface area contributed by atoms with E-state index in [9.17, 15) is 0 Å². The van der Waals surface area contributed by atoms with Gasteiger partial charge in [-0.3, -0.25) is 0 Å². The summed E-state index contributed by atoms with van der Waals surface area (Å²) in [6.07, 6.45) is 6.97. The monoisotopic (exact) mass is 212 g/mol. The Labute approximate surface area is 94.0 Å². The standard InChI is InChI=1S/C13H24O2/c1-6-11-12(7-2)13(8-3,14-9-4)15-10-5/h9-10,12H,4-8,11H2,1-3H3. The highest BCUT2D eigenvalue weighted by Crippen LogP contribution is 2.33. The van der Waals surface area contributed by atoms with Crippen molar-refractivity contribution in [2.75, 3.05) is 0 Å². The molecule has 88 valence electrons. The van der Waals surface area contributed by atoms with Gasteiger partial charge in [-0.05, 0) is 12.8 Å². The fourth-order valence-corrected chi connectivity index (χ4v) is 2.04. The fraction of sp³-hybridized carbons (Fsp3) is 0.692. The van der Waals surface area contributed by atoms with Crippen LogP contribution in [0.25, 0.3) is 0 Å². The van der Waals surface area contributed by atoms with Gasteiger partial charge in [-0.2, -0.15) is 0 Å². The summed E-state index contributed by atoms with van der Waals surface area (Å²) in [5.41, 5.74) is 0. The molecule has 2 nitrogen and oxygen atoms in total. The summed E-state index contributed by atoms with van der Waals surface area (Å²) in [5, 5.41) is 0. The zero-order valence-electron chi connectivity index (χ0n) is 10.3. The second-order valence-electron chi connectivity index (χ2n) is 3.63. The van der Waals surface area contributed by atoms with Crippen molar-refractivity contribution < 1.29 is 9.47 Å². The zero-order chi connectivity index (χ0) is 11.7. The Morgan fingerprint density at radius 2 is 1.67 bits per heavy atom. The second-order valence-corrected chi connectivity index (χ2v) is 3.63. The summed E-state index contributed by atoms with van der Waals surface area (Å²) in [4.78, 5) is 0. The van der Waals surface area contributed by atoms with Crippen LogP contribution < -0.4 is 0 Å². The minimum Gasteiger partial charge on any atom is -0.460 e. The molecule has 1 unspecified atom stereocenters. The summed E-state index contributed by atoms with van der Waals surface area (Å²) in [6, 6.07) is 0. The fourth-order valence-electron chi connectivity index (χ4n) is 2.04. The van der Waals surface area contributed by atoms with Gasteiger partial charge in [0.25, 0.3) is 5.79 Å². The van der Waals surface area contributed by atoms with Gasteiger partial charge in [0.05, 0.1) is 12.5 Å². The molecule has 0 N–H and O–H groups in total. The van der Waals surface area contributed by atoms with Gasteiger partial charge in [-0.25, -0.2) is 0 Å². The number of ether oxygens (including phenoxy) is 2. The third-order valence-corrected chi connectivity index (χ3v) is 2.81. The molecule has 0 aromatic carbocycles. The van der Waals surface area contributed by atoms with Crippen LogP contribution in [0.2, 0.25) is 0 Å². The SMILES string of the molecule is C=COC(CC)(OC=C)C(CC)CCC. The first-order valence-electron chi connectivity index (χ1n) is 5.78. The van der Waals surface area contributed by atoms with Gasteiger partial charge in [-0.1, -0.05) is 40.3 Å².